The van der Waals surface area contributed by atoms with E-state index in [1.165, 1.54) is 0 Å². The maximum atomic E-state index is 12.4. The highest BCUT2D eigenvalue weighted by molar-refractivity contribution is 6.34. The molecule has 0 saturated carbocycles. The summed E-state index contributed by atoms with van der Waals surface area (Å²) in [5.41, 5.74) is 7.13. The summed E-state index contributed by atoms with van der Waals surface area (Å²) in [7, 11) is 0. The Bertz CT molecular complexity index is 739. The number of halogens is 2. The number of nitrogens with one attached hydrogen (secondary N) is 1. The first kappa shape index (κ1) is 21.9. The summed E-state index contributed by atoms with van der Waals surface area (Å²) in [6.45, 7) is 5.25. The second-order valence-corrected chi connectivity index (χ2v) is 5.96. The van der Waals surface area contributed by atoms with E-state index in [0.717, 1.165) is 12.8 Å². The zero-order valence-corrected chi connectivity index (χ0v) is 16.5. The molecule has 5 nitrogen and oxygen atoms in total. The van der Waals surface area contributed by atoms with Crippen molar-refractivity contribution in [3.05, 3.63) is 47.0 Å². The van der Waals surface area contributed by atoms with Crippen LogP contribution >= 0.6 is 24.0 Å². The highest BCUT2D eigenvalue weighted by atomic mass is 35.5. The van der Waals surface area contributed by atoms with Crippen LogP contribution in [0.15, 0.2) is 36.4 Å². The summed E-state index contributed by atoms with van der Waals surface area (Å²) >= 11 is 6.09. The molecule has 7 heteroatoms. The fraction of sp³-hybridized carbons (Fsp3) is 0.316. The number of rotatable bonds is 8. The molecule has 0 spiro atoms. The SMILES string of the molecule is CCCOc1ccc(NC(=O)c2ccc(N)cc2Cl)cc1OCCC.Cl. The zero-order valence-electron chi connectivity index (χ0n) is 14.9. The maximum Gasteiger partial charge on any atom is 0.257 e. The van der Waals surface area contributed by atoms with E-state index in [4.69, 9.17) is 26.8 Å². The molecule has 142 valence electrons. The zero-order chi connectivity index (χ0) is 18.2. The molecule has 0 aromatic heterocycles. The highest BCUT2D eigenvalue weighted by Gasteiger charge is 2.13. The molecule has 0 aliphatic carbocycles. The maximum absolute atomic E-state index is 12.4. The average molecular weight is 399 g/mol. The van der Waals surface area contributed by atoms with Crippen molar-refractivity contribution < 1.29 is 14.3 Å². The molecule has 0 fully saturated rings. The summed E-state index contributed by atoms with van der Waals surface area (Å²) in [5, 5.41) is 3.13. The van der Waals surface area contributed by atoms with Crippen LogP contribution in [-0.4, -0.2) is 19.1 Å². The van der Waals surface area contributed by atoms with Gasteiger partial charge in [-0.05, 0) is 43.2 Å². The van der Waals surface area contributed by atoms with Gasteiger partial charge in [0.05, 0.1) is 23.8 Å². The predicted octanol–water partition coefficient (Wildman–Crippen LogP) is 5.17. The number of carbonyl (C=O) groups excluding carboxylic acids is 1. The molecule has 0 atom stereocenters. The molecule has 0 bridgehead atoms. The third-order valence-corrected chi connectivity index (χ3v) is 3.68. The number of anilines is 2. The third kappa shape index (κ3) is 6.00. The summed E-state index contributed by atoms with van der Waals surface area (Å²) < 4.78 is 11.4. The van der Waals surface area contributed by atoms with E-state index in [2.05, 4.69) is 5.32 Å². The van der Waals surface area contributed by atoms with Crippen molar-refractivity contribution in [2.45, 2.75) is 26.7 Å². The lowest BCUT2D eigenvalue weighted by Crippen LogP contribution is -2.13. The summed E-state index contributed by atoms with van der Waals surface area (Å²) in [5.74, 6) is 0.962. The Morgan fingerprint density at radius 3 is 2.31 bits per heavy atom. The fourth-order valence-electron chi connectivity index (χ4n) is 2.16. The molecule has 0 saturated heterocycles. The van der Waals surface area contributed by atoms with Gasteiger partial charge in [0.15, 0.2) is 11.5 Å². The van der Waals surface area contributed by atoms with Crippen LogP contribution in [0.1, 0.15) is 37.0 Å². The molecule has 0 unspecified atom stereocenters. The number of nitrogen functional groups attached to an aromatic ring is 1. The minimum Gasteiger partial charge on any atom is -0.490 e. The van der Waals surface area contributed by atoms with Gasteiger partial charge in [0.1, 0.15) is 0 Å². The molecule has 0 aliphatic rings. The number of ether oxygens (including phenoxy) is 2. The quantitative estimate of drug-likeness (QED) is 0.601. The highest BCUT2D eigenvalue weighted by Crippen LogP contribution is 2.31. The monoisotopic (exact) mass is 398 g/mol. The summed E-state index contributed by atoms with van der Waals surface area (Å²) in [6, 6.07) is 10.1. The van der Waals surface area contributed by atoms with Gasteiger partial charge in [-0.1, -0.05) is 25.4 Å². The third-order valence-electron chi connectivity index (χ3n) is 3.36. The largest absolute Gasteiger partial charge is 0.490 e. The number of nitrogens with two attached hydrogens (primary N) is 1. The molecule has 3 N–H and O–H groups in total. The lowest BCUT2D eigenvalue weighted by molar-refractivity contribution is 0.102. The van der Waals surface area contributed by atoms with Crippen LogP contribution < -0.4 is 20.5 Å². The second-order valence-electron chi connectivity index (χ2n) is 5.55. The van der Waals surface area contributed by atoms with Crippen LogP contribution in [0.25, 0.3) is 0 Å². The Balaban J connectivity index is 0.00000338. The minimum absolute atomic E-state index is 0. The lowest BCUT2D eigenvalue weighted by atomic mass is 10.2. The number of benzene rings is 2. The predicted molar refractivity (Wildman–Crippen MR) is 109 cm³/mol. The Kier molecular flexibility index (Phi) is 9.10. The van der Waals surface area contributed by atoms with Gasteiger partial charge in [0, 0.05) is 17.4 Å². The van der Waals surface area contributed by atoms with E-state index < -0.39 is 0 Å². The number of amides is 1. The Morgan fingerprint density at radius 1 is 1.04 bits per heavy atom. The molecule has 0 aliphatic heterocycles. The Labute approximate surface area is 165 Å². The first-order valence-corrected chi connectivity index (χ1v) is 8.69. The van der Waals surface area contributed by atoms with Crippen molar-refractivity contribution in [3.8, 4) is 11.5 Å². The van der Waals surface area contributed by atoms with Crippen molar-refractivity contribution in [3.63, 3.8) is 0 Å². The number of carbonyl (C=O) groups is 1. The van der Waals surface area contributed by atoms with Crippen molar-refractivity contribution in [2.75, 3.05) is 24.3 Å². The van der Waals surface area contributed by atoms with Gasteiger partial charge in [-0.3, -0.25) is 4.79 Å². The summed E-state index contributed by atoms with van der Waals surface area (Å²) in [4.78, 5) is 12.4. The van der Waals surface area contributed by atoms with Gasteiger partial charge in [0.2, 0.25) is 0 Å². The molecular weight excluding hydrogens is 375 g/mol. The van der Waals surface area contributed by atoms with Gasteiger partial charge < -0.3 is 20.5 Å². The fourth-order valence-corrected chi connectivity index (χ4v) is 2.43. The van der Waals surface area contributed by atoms with E-state index in [-0.39, 0.29) is 18.3 Å². The Hall–Kier alpha value is -2.11. The van der Waals surface area contributed by atoms with Crippen molar-refractivity contribution in [1.29, 1.82) is 0 Å². The van der Waals surface area contributed by atoms with Crippen LogP contribution in [0.5, 0.6) is 11.5 Å². The standard InChI is InChI=1S/C19H23ClN2O3.ClH/c1-3-9-24-17-8-6-14(12-18(17)25-10-4-2)22-19(23)15-7-5-13(21)11-16(15)20;/h5-8,11-12H,3-4,9-10,21H2,1-2H3,(H,22,23);1H. The van der Waals surface area contributed by atoms with Gasteiger partial charge in [-0.25, -0.2) is 0 Å². The van der Waals surface area contributed by atoms with Gasteiger partial charge in [-0.2, -0.15) is 0 Å². The molecule has 0 heterocycles. The van der Waals surface area contributed by atoms with Crippen molar-refractivity contribution in [1.82, 2.24) is 0 Å². The number of hydrogen-bond acceptors (Lipinski definition) is 4. The number of hydrogen-bond donors (Lipinski definition) is 2. The van der Waals surface area contributed by atoms with Gasteiger partial charge in [0.25, 0.3) is 5.91 Å². The first-order valence-electron chi connectivity index (χ1n) is 8.31. The normalized spacial score (nSPS) is 9.96. The van der Waals surface area contributed by atoms with Crippen molar-refractivity contribution in [2.24, 2.45) is 0 Å². The molecule has 26 heavy (non-hydrogen) atoms. The van der Waals surface area contributed by atoms with Gasteiger partial charge in [-0.15, -0.1) is 12.4 Å². The van der Waals surface area contributed by atoms with E-state index in [9.17, 15) is 4.79 Å². The van der Waals surface area contributed by atoms with E-state index in [1.807, 2.05) is 13.8 Å². The topological polar surface area (TPSA) is 73.6 Å². The van der Waals surface area contributed by atoms with Crippen LogP contribution in [-0.2, 0) is 0 Å². The molecule has 2 rings (SSSR count). The van der Waals surface area contributed by atoms with Crippen LogP contribution in [0.3, 0.4) is 0 Å². The molecular formula is C19H24Cl2N2O3. The van der Waals surface area contributed by atoms with E-state index in [1.54, 1.807) is 36.4 Å². The first-order chi connectivity index (χ1) is 12.0. The minimum atomic E-state index is -0.311. The van der Waals surface area contributed by atoms with E-state index >= 15 is 0 Å². The Morgan fingerprint density at radius 2 is 1.69 bits per heavy atom. The average Bonchev–Trinajstić information content (AvgIpc) is 2.58. The lowest BCUT2D eigenvalue weighted by Gasteiger charge is -2.14. The molecule has 1 amide bonds. The van der Waals surface area contributed by atoms with Crippen LogP contribution in [0, 0.1) is 0 Å². The van der Waals surface area contributed by atoms with Crippen LogP contribution in [0.4, 0.5) is 11.4 Å². The molecule has 2 aromatic carbocycles. The summed E-state index contributed by atoms with van der Waals surface area (Å²) in [6.07, 6.45) is 1.78. The van der Waals surface area contributed by atoms with E-state index in [0.29, 0.717) is 46.7 Å². The van der Waals surface area contributed by atoms with Gasteiger partial charge >= 0.3 is 0 Å². The molecule has 0 radical (unpaired) electrons. The molecule has 2 aromatic rings. The second kappa shape index (κ2) is 10.8. The van der Waals surface area contributed by atoms with Crippen molar-refractivity contribution >= 4 is 41.3 Å². The van der Waals surface area contributed by atoms with Crippen LogP contribution in [0.2, 0.25) is 5.02 Å². The smallest absolute Gasteiger partial charge is 0.257 e.